The maximum atomic E-state index is 8.79. The Morgan fingerprint density at radius 2 is 2.21 bits per heavy atom. The quantitative estimate of drug-likeness (QED) is 0.687. The molecule has 0 aliphatic carbocycles. The van der Waals surface area contributed by atoms with Gasteiger partial charge in [-0.15, -0.1) is 0 Å². The van der Waals surface area contributed by atoms with Gasteiger partial charge in [-0.25, -0.2) is 0 Å². The summed E-state index contributed by atoms with van der Waals surface area (Å²) in [5.74, 6) is 0. The highest BCUT2D eigenvalue weighted by atomic mass is 16.3. The maximum absolute atomic E-state index is 8.79. The third kappa shape index (κ3) is 1.64. The molecule has 0 aliphatic heterocycles. The lowest BCUT2D eigenvalue weighted by atomic mass is 10.0. The Morgan fingerprint density at radius 1 is 1.36 bits per heavy atom. The van der Waals surface area contributed by atoms with Gasteiger partial charge in [0.15, 0.2) is 0 Å². The molecule has 1 atom stereocenters. The Kier molecular flexibility index (Phi) is 2.52. The molecule has 0 saturated heterocycles. The second-order valence-corrected chi connectivity index (χ2v) is 3.44. The van der Waals surface area contributed by atoms with E-state index in [9.17, 15) is 0 Å². The van der Waals surface area contributed by atoms with Crippen molar-refractivity contribution >= 4 is 10.9 Å². The Morgan fingerprint density at radius 3 is 3.00 bits per heavy atom. The average Bonchev–Trinajstić information content (AvgIpc) is 2.64. The number of aliphatic hydroxyl groups excluding tert-OH is 1. The molecule has 1 aromatic heterocycles. The van der Waals surface area contributed by atoms with Crippen LogP contribution in [0.15, 0.2) is 30.5 Å². The van der Waals surface area contributed by atoms with Gasteiger partial charge < -0.3 is 15.8 Å². The zero-order valence-electron chi connectivity index (χ0n) is 7.90. The molecule has 74 valence electrons. The minimum absolute atomic E-state index is 0.0701. The van der Waals surface area contributed by atoms with Crippen molar-refractivity contribution in [3.8, 4) is 0 Å². The Balaban J connectivity index is 2.33. The van der Waals surface area contributed by atoms with Gasteiger partial charge in [0.25, 0.3) is 0 Å². The number of hydrogen-bond acceptors (Lipinski definition) is 2. The third-order valence-electron chi connectivity index (χ3n) is 2.45. The zero-order chi connectivity index (χ0) is 9.97. The number of aromatic amines is 1. The molecule has 4 N–H and O–H groups in total. The van der Waals surface area contributed by atoms with Crippen molar-refractivity contribution in [3.63, 3.8) is 0 Å². The minimum Gasteiger partial charge on any atom is -0.396 e. The van der Waals surface area contributed by atoms with Gasteiger partial charge in [-0.3, -0.25) is 0 Å². The van der Waals surface area contributed by atoms with Crippen LogP contribution >= 0.6 is 0 Å². The first-order valence-corrected chi connectivity index (χ1v) is 4.75. The van der Waals surface area contributed by atoms with Crippen molar-refractivity contribution in [3.05, 3.63) is 36.0 Å². The molecule has 0 saturated carbocycles. The first kappa shape index (κ1) is 9.24. The van der Waals surface area contributed by atoms with Crippen molar-refractivity contribution in [1.29, 1.82) is 0 Å². The fourth-order valence-electron chi connectivity index (χ4n) is 1.61. The Hall–Kier alpha value is -1.32. The van der Waals surface area contributed by atoms with Crippen molar-refractivity contribution < 1.29 is 5.11 Å². The van der Waals surface area contributed by atoms with E-state index in [1.54, 1.807) is 0 Å². The van der Waals surface area contributed by atoms with Gasteiger partial charge in [-0.05, 0) is 35.6 Å². The van der Waals surface area contributed by atoms with Crippen LogP contribution in [0, 0.1) is 0 Å². The van der Waals surface area contributed by atoms with Gasteiger partial charge in [-0.1, -0.05) is 6.07 Å². The lowest BCUT2D eigenvalue weighted by Gasteiger charge is -2.09. The van der Waals surface area contributed by atoms with Crippen LogP contribution in [0.5, 0.6) is 0 Å². The number of hydrogen-bond donors (Lipinski definition) is 3. The number of aromatic nitrogens is 1. The summed E-state index contributed by atoms with van der Waals surface area (Å²) in [7, 11) is 0. The molecule has 2 aromatic rings. The summed E-state index contributed by atoms with van der Waals surface area (Å²) >= 11 is 0. The largest absolute Gasteiger partial charge is 0.396 e. The van der Waals surface area contributed by atoms with Gasteiger partial charge >= 0.3 is 0 Å². The number of nitrogens with two attached hydrogens (primary N) is 1. The zero-order valence-corrected chi connectivity index (χ0v) is 7.90. The van der Waals surface area contributed by atoms with E-state index in [0.717, 1.165) is 16.5 Å². The summed E-state index contributed by atoms with van der Waals surface area (Å²) in [6.07, 6.45) is 2.52. The molecule has 3 heteroatoms. The van der Waals surface area contributed by atoms with Crippen molar-refractivity contribution in [1.82, 2.24) is 4.98 Å². The number of nitrogens with one attached hydrogen (secondary N) is 1. The molecule has 0 fully saturated rings. The van der Waals surface area contributed by atoms with Crippen molar-refractivity contribution in [2.75, 3.05) is 6.61 Å². The average molecular weight is 190 g/mol. The number of H-pyrrole nitrogens is 1. The van der Waals surface area contributed by atoms with E-state index < -0.39 is 0 Å². The molecule has 1 aromatic carbocycles. The highest BCUT2D eigenvalue weighted by Gasteiger charge is 2.05. The number of fused-ring (bicyclic) bond motifs is 1. The fourth-order valence-corrected chi connectivity index (χ4v) is 1.61. The fraction of sp³-hybridized carbons (Fsp3) is 0.273. The molecule has 3 nitrogen and oxygen atoms in total. The normalized spacial score (nSPS) is 13.3. The number of benzene rings is 1. The molecular weight excluding hydrogens is 176 g/mol. The van der Waals surface area contributed by atoms with Crippen molar-refractivity contribution in [2.24, 2.45) is 5.73 Å². The predicted octanol–water partition coefficient (Wildman–Crippen LogP) is 1.55. The van der Waals surface area contributed by atoms with Crippen LogP contribution in [0.2, 0.25) is 0 Å². The van der Waals surface area contributed by atoms with Gasteiger partial charge in [0.05, 0.1) is 0 Å². The van der Waals surface area contributed by atoms with E-state index in [1.165, 1.54) is 0 Å². The molecular formula is C11H14N2O. The molecule has 0 radical (unpaired) electrons. The van der Waals surface area contributed by atoms with Crippen LogP contribution in [0.3, 0.4) is 0 Å². The summed E-state index contributed by atoms with van der Waals surface area (Å²) in [6.45, 7) is 0.131. The Bertz CT molecular complexity index is 422. The first-order chi connectivity index (χ1) is 6.81. The predicted molar refractivity (Wildman–Crippen MR) is 56.9 cm³/mol. The van der Waals surface area contributed by atoms with Crippen LogP contribution in [-0.4, -0.2) is 16.7 Å². The molecule has 0 bridgehead atoms. The lowest BCUT2D eigenvalue weighted by Crippen LogP contribution is -2.11. The summed E-state index contributed by atoms with van der Waals surface area (Å²) < 4.78 is 0. The molecule has 0 spiro atoms. The van der Waals surface area contributed by atoms with Crippen LogP contribution in [-0.2, 0) is 0 Å². The lowest BCUT2D eigenvalue weighted by molar-refractivity contribution is 0.276. The summed E-state index contributed by atoms with van der Waals surface area (Å²) in [6, 6.07) is 8.02. The first-order valence-electron chi connectivity index (χ1n) is 4.75. The Labute approximate surface area is 82.6 Å². The van der Waals surface area contributed by atoms with Gasteiger partial charge in [-0.2, -0.15) is 0 Å². The van der Waals surface area contributed by atoms with Crippen LogP contribution in [0.1, 0.15) is 18.0 Å². The molecule has 0 unspecified atom stereocenters. The van der Waals surface area contributed by atoms with E-state index in [-0.39, 0.29) is 12.6 Å². The van der Waals surface area contributed by atoms with Gasteiger partial charge in [0.1, 0.15) is 0 Å². The highest BCUT2D eigenvalue weighted by Crippen LogP contribution is 2.19. The second kappa shape index (κ2) is 3.82. The molecule has 2 rings (SSSR count). The standard InChI is InChI=1S/C11H14N2O/c12-10(4-6-14)8-1-2-11-9(7-8)3-5-13-11/h1-3,5,7,10,13-14H,4,6,12H2/t10-/m1/s1. The monoisotopic (exact) mass is 190 g/mol. The van der Waals surface area contributed by atoms with Crippen LogP contribution < -0.4 is 5.73 Å². The number of rotatable bonds is 3. The van der Waals surface area contributed by atoms with Gasteiger partial charge in [0, 0.05) is 24.4 Å². The third-order valence-corrected chi connectivity index (χ3v) is 2.45. The molecule has 14 heavy (non-hydrogen) atoms. The number of aliphatic hydroxyl groups is 1. The maximum Gasteiger partial charge on any atom is 0.0454 e. The van der Waals surface area contributed by atoms with E-state index in [0.29, 0.717) is 6.42 Å². The van der Waals surface area contributed by atoms with E-state index in [1.807, 2.05) is 24.4 Å². The van der Waals surface area contributed by atoms with Gasteiger partial charge in [0.2, 0.25) is 0 Å². The van der Waals surface area contributed by atoms with E-state index >= 15 is 0 Å². The van der Waals surface area contributed by atoms with Crippen LogP contribution in [0.25, 0.3) is 10.9 Å². The van der Waals surface area contributed by atoms with Crippen molar-refractivity contribution in [2.45, 2.75) is 12.5 Å². The molecule has 0 aliphatic rings. The summed E-state index contributed by atoms with van der Waals surface area (Å²) in [5, 5.41) is 9.95. The van der Waals surface area contributed by atoms with E-state index in [4.69, 9.17) is 10.8 Å². The summed E-state index contributed by atoms with van der Waals surface area (Å²) in [5.41, 5.74) is 8.09. The summed E-state index contributed by atoms with van der Waals surface area (Å²) in [4.78, 5) is 3.13. The second-order valence-electron chi connectivity index (χ2n) is 3.44. The molecule has 1 heterocycles. The highest BCUT2D eigenvalue weighted by molar-refractivity contribution is 5.80. The smallest absolute Gasteiger partial charge is 0.0454 e. The SMILES string of the molecule is N[C@H](CCO)c1ccc2[nH]ccc2c1. The topological polar surface area (TPSA) is 62.0 Å². The molecule has 0 amide bonds. The van der Waals surface area contributed by atoms with Crippen LogP contribution in [0.4, 0.5) is 0 Å². The van der Waals surface area contributed by atoms with E-state index in [2.05, 4.69) is 11.1 Å². The minimum atomic E-state index is -0.0701.